The standard InChI is InChI=1S/C37H52ClN3O10S/c1-20(2)52-19-31(43)40(7)23(5)34(44)50-29-17-30(42)41(8)25-15-24(16-26(47-9)32(25)38)14-21(3)12-11-13-28(48-10)37(46)18-27(49-35(45)39-37)22(4)33-36(29,6)51-33/h11-13,15-16,20,22-23,27-29,33,46H,14,17-19H2,1-10H3,(H,39,45)/b13-11+,21-12+/t22-,23+,27+,28-,29+,33+,36+,37+/m1/s1. The maximum atomic E-state index is 14.1. The van der Waals surface area contributed by atoms with Gasteiger partial charge in [-0.1, -0.05) is 56.2 Å². The third kappa shape index (κ3) is 9.25. The van der Waals surface area contributed by atoms with Crippen LogP contribution in [0.1, 0.15) is 59.9 Å². The molecule has 15 heteroatoms. The highest BCUT2D eigenvalue weighted by Crippen LogP contribution is 2.49. The monoisotopic (exact) mass is 765 g/mol. The quantitative estimate of drug-likeness (QED) is 0.281. The lowest BCUT2D eigenvalue weighted by Crippen LogP contribution is -2.63. The second-order valence-corrected chi connectivity index (χ2v) is 16.2. The lowest BCUT2D eigenvalue weighted by atomic mass is 9.83. The van der Waals surface area contributed by atoms with Crippen LogP contribution in [-0.4, -0.2) is 115 Å². The molecule has 4 rings (SSSR count). The summed E-state index contributed by atoms with van der Waals surface area (Å²) >= 11 is 8.21. The van der Waals surface area contributed by atoms with Crippen LogP contribution in [0.25, 0.3) is 0 Å². The van der Waals surface area contributed by atoms with Gasteiger partial charge in [0.25, 0.3) is 0 Å². The van der Waals surface area contributed by atoms with Gasteiger partial charge in [0, 0.05) is 33.5 Å². The number of carbonyl (C=O) groups excluding carboxylic acids is 4. The van der Waals surface area contributed by atoms with E-state index in [1.165, 1.54) is 42.8 Å². The van der Waals surface area contributed by atoms with Crippen molar-refractivity contribution in [1.82, 2.24) is 10.2 Å². The van der Waals surface area contributed by atoms with E-state index in [2.05, 4.69) is 5.32 Å². The van der Waals surface area contributed by atoms with Crippen LogP contribution in [0, 0.1) is 5.92 Å². The number of esters is 1. The first-order valence-electron chi connectivity index (χ1n) is 17.3. The van der Waals surface area contributed by atoms with Gasteiger partial charge >= 0.3 is 12.1 Å². The number of allylic oxidation sites excluding steroid dienone is 3. The number of nitrogens with zero attached hydrogens (tertiary/aromatic N) is 2. The van der Waals surface area contributed by atoms with E-state index in [4.69, 9.17) is 35.3 Å². The number of carbonyl (C=O) groups is 4. The highest BCUT2D eigenvalue weighted by Gasteiger charge is 2.64. The molecule has 13 nitrogen and oxygen atoms in total. The van der Waals surface area contributed by atoms with Crippen LogP contribution < -0.4 is 15.0 Å². The van der Waals surface area contributed by atoms with Crippen molar-refractivity contribution in [3.8, 4) is 5.75 Å². The number of epoxide rings is 1. The van der Waals surface area contributed by atoms with E-state index in [9.17, 15) is 24.3 Å². The molecule has 0 unspecified atom stereocenters. The summed E-state index contributed by atoms with van der Waals surface area (Å²) in [5.41, 5.74) is -0.887. The highest BCUT2D eigenvalue weighted by molar-refractivity contribution is 8.00. The van der Waals surface area contributed by atoms with Gasteiger partial charge in [-0.15, -0.1) is 11.8 Å². The molecule has 2 N–H and O–H groups in total. The molecule has 0 radical (unpaired) electrons. The number of thioether (sulfide) groups is 1. The van der Waals surface area contributed by atoms with E-state index in [1.807, 2.05) is 26.8 Å². The molecule has 3 aliphatic rings. The number of alkyl carbamates (subject to hydrolysis) is 1. The van der Waals surface area contributed by atoms with Crippen molar-refractivity contribution in [3.05, 3.63) is 46.5 Å². The van der Waals surface area contributed by atoms with E-state index < -0.39 is 65.7 Å². The molecule has 288 valence electrons. The smallest absolute Gasteiger partial charge is 0.409 e. The Morgan fingerprint density at radius 3 is 2.56 bits per heavy atom. The Morgan fingerprint density at radius 2 is 1.92 bits per heavy atom. The van der Waals surface area contributed by atoms with Gasteiger partial charge in [0.15, 0.2) is 5.72 Å². The van der Waals surface area contributed by atoms with Crippen LogP contribution >= 0.6 is 23.4 Å². The molecule has 2 saturated heterocycles. The van der Waals surface area contributed by atoms with Gasteiger partial charge in [0.2, 0.25) is 11.8 Å². The average molecular weight is 766 g/mol. The summed E-state index contributed by atoms with van der Waals surface area (Å²) in [6.07, 6.45) is 0.996. The van der Waals surface area contributed by atoms with Crippen LogP contribution in [-0.2, 0) is 39.8 Å². The number of ether oxygens (including phenoxy) is 5. The fraction of sp³-hybridized carbons (Fsp3) is 0.622. The summed E-state index contributed by atoms with van der Waals surface area (Å²) in [6.45, 7) is 11.0. The van der Waals surface area contributed by atoms with Gasteiger partial charge in [-0.05, 0) is 50.1 Å². The number of amides is 3. The lowest BCUT2D eigenvalue weighted by molar-refractivity contribution is -0.161. The second-order valence-electron chi connectivity index (χ2n) is 14.3. The molecule has 2 fully saturated rings. The Kier molecular flexibility index (Phi) is 13.4. The number of anilines is 1. The summed E-state index contributed by atoms with van der Waals surface area (Å²) in [5, 5.41) is 14.7. The molecule has 1 aromatic rings. The SMILES string of the molecule is COc1cc2cc(c1Cl)N(C)C(=O)C[C@H](OC(=O)[C@H](C)N(C)C(=O)CSC(C)C)[C@]1(C)O[C@H]1[C@H](C)[C@@H]1C[C@@](O)(NC(=O)O1)[C@H](OC)/C=C/C=C(\C)C2. The molecule has 3 amide bonds. The Hall–Kier alpha value is -3.30. The molecule has 3 heterocycles. The third-order valence-corrected chi connectivity index (χ3v) is 11.5. The van der Waals surface area contributed by atoms with Crippen molar-refractivity contribution in [2.24, 2.45) is 5.92 Å². The van der Waals surface area contributed by atoms with Crippen LogP contribution in [0.3, 0.4) is 0 Å². The zero-order valence-electron chi connectivity index (χ0n) is 31.6. The molecule has 4 bridgehead atoms. The van der Waals surface area contributed by atoms with Crippen LogP contribution in [0.5, 0.6) is 5.75 Å². The predicted molar refractivity (Wildman–Crippen MR) is 199 cm³/mol. The zero-order chi connectivity index (χ0) is 38.7. The Morgan fingerprint density at radius 1 is 1.23 bits per heavy atom. The number of aliphatic hydroxyl groups is 1. The molecule has 0 aliphatic carbocycles. The topological polar surface area (TPSA) is 156 Å². The third-order valence-electron chi connectivity index (χ3n) is 10.1. The summed E-state index contributed by atoms with van der Waals surface area (Å²) < 4.78 is 29.2. The normalized spacial score (nSPS) is 31.7. The number of fused-ring (bicyclic) bond motifs is 5. The van der Waals surface area contributed by atoms with Gasteiger partial charge < -0.3 is 38.6 Å². The van der Waals surface area contributed by atoms with Gasteiger partial charge in [0.05, 0.1) is 31.1 Å². The minimum atomic E-state index is -1.82. The average Bonchev–Trinajstić information content (AvgIpc) is 3.79. The molecular weight excluding hydrogens is 714 g/mol. The number of halogens is 1. The van der Waals surface area contributed by atoms with Crippen LogP contribution in [0.15, 0.2) is 35.9 Å². The van der Waals surface area contributed by atoms with Crippen molar-refractivity contribution >= 4 is 52.9 Å². The first-order valence-corrected chi connectivity index (χ1v) is 18.7. The minimum absolute atomic E-state index is 0.0457. The highest BCUT2D eigenvalue weighted by atomic mass is 35.5. The van der Waals surface area contributed by atoms with Crippen molar-refractivity contribution in [1.29, 1.82) is 0 Å². The Balaban J connectivity index is 1.75. The number of likely N-dealkylation sites (N-methyl/N-ethyl adjacent to an activating group) is 1. The Labute approximate surface area is 315 Å². The lowest BCUT2D eigenvalue weighted by Gasteiger charge is -2.42. The van der Waals surface area contributed by atoms with Crippen molar-refractivity contribution in [2.45, 2.75) is 108 Å². The number of rotatable bonds is 8. The van der Waals surface area contributed by atoms with Crippen LogP contribution in [0.2, 0.25) is 5.02 Å². The molecule has 0 saturated carbocycles. The van der Waals surface area contributed by atoms with Crippen molar-refractivity contribution in [3.63, 3.8) is 0 Å². The minimum Gasteiger partial charge on any atom is -0.495 e. The fourth-order valence-electron chi connectivity index (χ4n) is 6.56. The van der Waals surface area contributed by atoms with Crippen LogP contribution in [0.4, 0.5) is 10.5 Å². The molecule has 0 spiro atoms. The van der Waals surface area contributed by atoms with E-state index in [0.717, 1.165) is 11.1 Å². The summed E-state index contributed by atoms with van der Waals surface area (Å²) in [5.74, 6) is -1.33. The largest absolute Gasteiger partial charge is 0.495 e. The van der Waals surface area contributed by atoms with E-state index in [-0.39, 0.29) is 34.8 Å². The zero-order valence-corrected chi connectivity index (χ0v) is 33.1. The Bertz CT molecular complexity index is 1590. The fourth-order valence-corrected chi connectivity index (χ4v) is 7.55. The summed E-state index contributed by atoms with van der Waals surface area (Å²) in [7, 11) is 6.04. The number of hydrogen-bond acceptors (Lipinski definition) is 11. The summed E-state index contributed by atoms with van der Waals surface area (Å²) in [6, 6.07) is 2.63. The molecule has 0 aromatic heterocycles. The molecular formula is C37H52ClN3O10S. The van der Waals surface area contributed by atoms with E-state index >= 15 is 0 Å². The molecule has 1 aromatic carbocycles. The number of hydrogen-bond donors (Lipinski definition) is 2. The van der Waals surface area contributed by atoms with Gasteiger partial charge in [-0.3, -0.25) is 14.9 Å². The molecule has 3 aliphatic heterocycles. The van der Waals surface area contributed by atoms with E-state index in [0.29, 0.717) is 17.9 Å². The van der Waals surface area contributed by atoms with E-state index in [1.54, 1.807) is 52.1 Å². The first kappa shape index (κ1) is 41.5. The van der Waals surface area contributed by atoms with Gasteiger partial charge in [-0.2, -0.15) is 0 Å². The van der Waals surface area contributed by atoms with Crippen molar-refractivity contribution in [2.75, 3.05) is 39.0 Å². The van der Waals surface area contributed by atoms with Crippen molar-refractivity contribution < 1.29 is 48.0 Å². The first-order chi connectivity index (χ1) is 24.3. The maximum Gasteiger partial charge on any atom is 0.409 e. The number of benzene rings is 1. The molecule has 8 atom stereocenters. The predicted octanol–water partition coefficient (Wildman–Crippen LogP) is 4.66. The number of nitrogens with one attached hydrogen (secondary N) is 1. The molecule has 52 heavy (non-hydrogen) atoms. The summed E-state index contributed by atoms with van der Waals surface area (Å²) in [4.78, 5) is 56.3. The maximum absolute atomic E-state index is 14.1. The second kappa shape index (κ2) is 16.8. The van der Waals surface area contributed by atoms with Gasteiger partial charge in [-0.25, -0.2) is 9.59 Å². The number of methoxy groups -OCH3 is 2. The van der Waals surface area contributed by atoms with Gasteiger partial charge in [0.1, 0.15) is 40.7 Å².